The Morgan fingerprint density at radius 3 is 2.40 bits per heavy atom. The standard InChI is InChI=1S/C20H24BrN3O/c1-4-24(5-2)18-10-11-19(15(3)14-18)23-20(25)22-13-12-16-6-8-17(21)9-7-16/h6-14H,4-5H2,1-3H3,(H2,22,23,25)/b13-12+. The normalized spacial score (nSPS) is 10.7. The van der Waals surface area contributed by atoms with Crippen LogP contribution in [0.3, 0.4) is 0 Å². The molecule has 0 aliphatic carbocycles. The SMILES string of the molecule is CCN(CC)c1ccc(NC(=O)N/C=C/c2ccc(Br)cc2)c(C)c1. The van der Waals surface area contributed by atoms with Crippen molar-refractivity contribution in [3.05, 3.63) is 64.3 Å². The van der Waals surface area contributed by atoms with E-state index < -0.39 is 0 Å². The van der Waals surface area contributed by atoms with Crippen LogP contribution in [0.5, 0.6) is 0 Å². The molecular weight excluding hydrogens is 378 g/mol. The molecule has 0 heterocycles. The summed E-state index contributed by atoms with van der Waals surface area (Å²) < 4.78 is 1.03. The number of carbonyl (C=O) groups excluding carboxylic acids is 1. The van der Waals surface area contributed by atoms with Crippen LogP contribution in [0.4, 0.5) is 16.2 Å². The van der Waals surface area contributed by atoms with Gasteiger partial charge in [0, 0.05) is 35.1 Å². The van der Waals surface area contributed by atoms with Gasteiger partial charge in [-0.3, -0.25) is 0 Å². The quantitative estimate of drug-likeness (QED) is 0.680. The maximum absolute atomic E-state index is 12.0. The third kappa shape index (κ3) is 5.64. The molecular formula is C20H24BrN3O. The van der Waals surface area contributed by atoms with Gasteiger partial charge >= 0.3 is 6.03 Å². The van der Waals surface area contributed by atoms with Gasteiger partial charge in [0.2, 0.25) is 0 Å². The lowest BCUT2D eigenvalue weighted by atomic mass is 10.1. The summed E-state index contributed by atoms with van der Waals surface area (Å²) in [7, 11) is 0. The minimum Gasteiger partial charge on any atom is -0.372 e. The van der Waals surface area contributed by atoms with E-state index in [4.69, 9.17) is 0 Å². The Morgan fingerprint density at radius 1 is 1.12 bits per heavy atom. The summed E-state index contributed by atoms with van der Waals surface area (Å²) in [5, 5.41) is 5.61. The minimum absolute atomic E-state index is 0.257. The van der Waals surface area contributed by atoms with Gasteiger partial charge in [0.25, 0.3) is 0 Å². The van der Waals surface area contributed by atoms with Gasteiger partial charge in [-0.1, -0.05) is 28.1 Å². The summed E-state index contributed by atoms with van der Waals surface area (Å²) in [6.45, 7) is 8.20. The third-order valence-electron chi connectivity index (χ3n) is 3.95. The lowest BCUT2D eigenvalue weighted by Gasteiger charge is -2.22. The van der Waals surface area contributed by atoms with E-state index in [1.54, 1.807) is 6.20 Å². The van der Waals surface area contributed by atoms with Crippen LogP contribution in [-0.2, 0) is 0 Å². The number of urea groups is 1. The first-order valence-corrected chi connectivity index (χ1v) is 9.18. The average molecular weight is 402 g/mol. The van der Waals surface area contributed by atoms with Crippen LogP contribution >= 0.6 is 15.9 Å². The maximum atomic E-state index is 12.0. The first kappa shape index (κ1) is 19.1. The lowest BCUT2D eigenvalue weighted by molar-refractivity contribution is 0.255. The predicted molar refractivity (Wildman–Crippen MR) is 110 cm³/mol. The smallest absolute Gasteiger partial charge is 0.323 e. The van der Waals surface area contributed by atoms with E-state index in [0.29, 0.717) is 0 Å². The summed E-state index contributed by atoms with van der Waals surface area (Å²) >= 11 is 3.40. The zero-order valence-electron chi connectivity index (χ0n) is 14.8. The molecule has 0 radical (unpaired) electrons. The second-order valence-corrected chi connectivity index (χ2v) is 6.57. The molecule has 2 rings (SSSR count). The van der Waals surface area contributed by atoms with Gasteiger partial charge in [-0.25, -0.2) is 4.79 Å². The van der Waals surface area contributed by atoms with Crippen molar-refractivity contribution in [1.29, 1.82) is 0 Å². The number of benzene rings is 2. The molecule has 5 heteroatoms. The Labute approximate surface area is 158 Å². The van der Waals surface area contributed by atoms with Crippen LogP contribution in [0, 0.1) is 6.92 Å². The Hall–Kier alpha value is -2.27. The highest BCUT2D eigenvalue weighted by Gasteiger charge is 2.07. The van der Waals surface area contributed by atoms with E-state index >= 15 is 0 Å². The first-order chi connectivity index (χ1) is 12.0. The summed E-state index contributed by atoms with van der Waals surface area (Å²) in [6, 6.07) is 13.7. The molecule has 0 spiro atoms. The van der Waals surface area contributed by atoms with Crippen LogP contribution in [0.2, 0.25) is 0 Å². The number of hydrogen-bond acceptors (Lipinski definition) is 2. The molecule has 0 aliphatic rings. The van der Waals surface area contributed by atoms with E-state index in [2.05, 4.69) is 51.4 Å². The molecule has 0 unspecified atom stereocenters. The lowest BCUT2D eigenvalue weighted by Crippen LogP contribution is -2.25. The molecule has 0 fully saturated rings. The molecule has 132 valence electrons. The number of halogens is 1. The van der Waals surface area contributed by atoms with Crippen LogP contribution < -0.4 is 15.5 Å². The number of anilines is 2. The van der Waals surface area contributed by atoms with Gasteiger partial charge < -0.3 is 15.5 Å². The summed E-state index contributed by atoms with van der Waals surface area (Å²) in [5.74, 6) is 0. The molecule has 0 bridgehead atoms. The van der Waals surface area contributed by atoms with Crippen molar-refractivity contribution in [2.45, 2.75) is 20.8 Å². The van der Waals surface area contributed by atoms with Crippen molar-refractivity contribution in [3.8, 4) is 0 Å². The van der Waals surface area contributed by atoms with Crippen LogP contribution in [0.1, 0.15) is 25.0 Å². The highest BCUT2D eigenvalue weighted by Crippen LogP contribution is 2.22. The van der Waals surface area contributed by atoms with Crippen LogP contribution in [0.15, 0.2) is 53.1 Å². The topological polar surface area (TPSA) is 44.4 Å². The van der Waals surface area contributed by atoms with Crippen LogP contribution in [-0.4, -0.2) is 19.1 Å². The molecule has 0 saturated heterocycles. The Balaban J connectivity index is 1.95. The van der Waals surface area contributed by atoms with Gasteiger partial charge in [0.15, 0.2) is 0 Å². The minimum atomic E-state index is -0.257. The predicted octanol–water partition coefficient (Wildman–Crippen LogP) is 5.40. The third-order valence-corrected chi connectivity index (χ3v) is 4.48. The first-order valence-electron chi connectivity index (χ1n) is 8.38. The number of nitrogens with zero attached hydrogens (tertiary/aromatic N) is 1. The molecule has 2 aromatic rings. The zero-order chi connectivity index (χ0) is 18.2. The molecule has 4 nitrogen and oxygen atoms in total. The van der Waals surface area contributed by atoms with Crippen LogP contribution in [0.25, 0.3) is 6.08 Å². The fraction of sp³-hybridized carbons (Fsp3) is 0.250. The fourth-order valence-electron chi connectivity index (χ4n) is 2.52. The number of aryl methyl sites for hydroxylation is 1. The second kappa shape index (κ2) is 9.28. The van der Waals surface area contributed by atoms with Crippen molar-refractivity contribution in [3.63, 3.8) is 0 Å². The Kier molecular flexibility index (Phi) is 7.07. The number of carbonyl (C=O) groups is 1. The molecule has 0 aliphatic heterocycles. The number of hydrogen-bond donors (Lipinski definition) is 2. The van der Waals surface area contributed by atoms with Crippen molar-refractivity contribution in [2.24, 2.45) is 0 Å². The van der Waals surface area contributed by atoms with Gasteiger partial charge in [-0.05, 0) is 68.3 Å². The Morgan fingerprint density at radius 2 is 1.80 bits per heavy atom. The van der Waals surface area contributed by atoms with Crippen molar-refractivity contribution >= 4 is 39.4 Å². The monoisotopic (exact) mass is 401 g/mol. The van der Waals surface area contributed by atoms with Crippen molar-refractivity contribution in [2.75, 3.05) is 23.3 Å². The van der Waals surface area contributed by atoms with E-state index in [1.165, 1.54) is 5.69 Å². The summed E-state index contributed by atoms with van der Waals surface area (Å²) in [4.78, 5) is 14.3. The highest BCUT2D eigenvalue weighted by atomic mass is 79.9. The van der Waals surface area contributed by atoms with Gasteiger partial charge in [-0.2, -0.15) is 0 Å². The van der Waals surface area contributed by atoms with E-state index in [1.807, 2.05) is 49.4 Å². The number of nitrogens with one attached hydrogen (secondary N) is 2. The maximum Gasteiger partial charge on any atom is 0.323 e. The largest absolute Gasteiger partial charge is 0.372 e. The molecule has 0 atom stereocenters. The van der Waals surface area contributed by atoms with E-state index in [-0.39, 0.29) is 6.03 Å². The van der Waals surface area contributed by atoms with Gasteiger partial charge in [-0.15, -0.1) is 0 Å². The molecule has 2 N–H and O–H groups in total. The van der Waals surface area contributed by atoms with Crippen molar-refractivity contribution in [1.82, 2.24) is 5.32 Å². The molecule has 25 heavy (non-hydrogen) atoms. The van der Waals surface area contributed by atoms with Gasteiger partial charge in [0.05, 0.1) is 0 Å². The zero-order valence-corrected chi connectivity index (χ0v) is 16.4. The molecule has 0 aromatic heterocycles. The average Bonchev–Trinajstić information content (AvgIpc) is 2.60. The molecule has 2 amide bonds. The van der Waals surface area contributed by atoms with E-state index in [0.717, 1.165) is 34.4 Å². The van der Waals surface area contributed by atoms with Gasteiger partial charge in [0.1, 0.15) is 0 Å². The molecule has 2 aromatic carbocycles. The number of amides is 2. The molecule has 0 saturated carbocycles. The Bertz CT molecular complexity index is 737. The summed E-state index contributed by atoms with van der Waals surface area (Å²) in [5.41, 5.74) is 4.04. The summed E-state index contributed by atoms with van der Waals surface area (Å²) in [6.07, 6.45) is 3.49. The number of rotatable bonds is 6. The fourth-order valence-corrected chi connectivity index (χ4v) is 2.78. The van der Waals surface area contributed by atoms with E-state index in [9.17, 15) is 4.79 Å². The highest BCUT2D eigenvalue weighted by molar-refractivity contribution is 9.10. The van der Waals surface area contributed by atoms with Crippen molar-refractivity contribution < 1.29 is 4.79 Å². The second-order valence-electron chi connectivity index (χ2n) is 5.65.